The first-order chi connectivity index (χ1) is 15.3. The molecule has 1 fully saturated rings. The number of fused-ring (bicyclic) bond motifs is 1. The highest BCUT2D eigenvalue weighted by atomic mass is 15.3. The highest BCUT2D eigenvalue weighted by molar-refractivity contribution is 5.94. The number of pyridine rings is 1. The fraction of sp³-hybridized carbons (Fsp3) is 0.440. The van der Waals surface area contributed by atoms with Gasteiger partial charge in [0, 0.05) is 42.1 Å². The molecule has 3 aromatic rings. The molecule has 4 rings (SSSR count). The third-order valence-electron chi connectivity index (χ3n) is 6.83. The zero-order valence-corrected chi connectivity index (χ0v) is 19.7. The fourth-order valence-electron chi connectivity index (χ4n) is 4.56. The van der Waals surface area contributed by atoms with Crippen LogP contribution < -0.4 is 10.2 Å². The molecule has 0 aliphatic carbocycles. The molecule has 1 aliphatic heterocycles. The lowest BCUT2D eigenvalue weighted by Gasteiger charge is -2.43. The van der Waals surface area contributed by atoms with Crippen LogP contribution in [-0.4, -0.2) is 52.3 Å². The SMILES string of the molecule is Cc1c(C#N)cccc1[C@@H](C)Nc1nnc(C)c2cnc(N3C[C@H](C)N(C)[C@@H](C)C3)cc12. The number of rotatable bonds is 4. The van der Waals surface area contributed by atoms with E-state index in [1.54, 1.807) is 0 Å². The maximum absolute atomic E-state index is 9.39. The van der Waals surface area contributed by atoms with Gasteiger partial charge < -0.3 is 10.2 Å². The van der Waals surface area contributed by atoms with Crippen LogP contribution in [0.1, 0.15) is 49.2 Å². The Morgan fingerprint density at radius 1 is 1.12 bits per heavy atom. The second-order valence-electron chi connectivity index (χ2n) is 8.99. The summed E-state index contributed by atoms with van der Waals surface area (Å²) in [7, 11) is 2.19. The molecule has 1 aliphatic rings. The first-order valence-corrected chi connectivity index (χ1v) is 11.2. The number of benzene rings is 1. The molecule has 1 aromatic carbocycles. The van der Waals surface area contributed by atoms with E-state index in [-0.39, 0.29) is 6.04 Å². The van der Waals surface area contributed by atoms with Gasteiger partial charge in [0.1, 0.15) is 5.82 Å². The van der Waals surface area contributed by atoms with Crippen LogP contribution in [0.2, 0.25) is 0 Å². The Hall–Kier alpha value is -3.24. The van der Waals surface area contributed by atoms with Crippen molar-refractivity contribution in [3.63, 3.8) is 0 Å². The van der Waals surface area contributed by atoms with Gasteiger partial charge in [-0.15, -0.1) is 5.10 Å². The van der Waals surface area contributed by atoms with E-state index in [1.165, 1.54) is 0 Å². The normalized spacial score (nSPS) is 20.2. The van der Waals surface area contributed by atoms with E-state index in [2.05, 4.69) is 71.3 Å². The highest BCUT2D eigenvalue weighted by Gasteiger charge is 2.27. The van der Waals surface area contributed by atoms with Gasteiger partial charge in [0.15, 0.2) is 5.82 Å². The maximum atomic E-state index is 9.39. The van der Waals surface area contributed by atoms with Crippen molar-refractivity contribution in [2.24, 2.45) is 0 Å². The molecule has 1 N–H and O–H groups in total. The Morgan fingerprint density at radius 2 is 1.84 bits per heavy atom. The average molecular weight is 430 g/mol. The van der Waals surface area contributed by atoms with Crippen molar-refractivity contribution in [2.45, 2.75) is 52.7 Å². The minimum atomic E-state index is -0.0243. The number of likely N-dealkylation sites (N-methyl/N-ethyl adjacent to an activating group) is 1. The number of hydrogen-bond acceptors (Lipinski definition) is 7. The van der Waals surface area contributed by atoms with Crippen molar-refractivity contribution in [1.29, 1.82) is 5.26 Å². The van der Waals surface area contributed by atoms with E-state index < -0.39 is 0 Å². The Labute approximate surface area is 190 Å². The van der Waals surface area contributed by atoms with Gasteiger partial charge >= 0.3 is 0 Å². The third-order valence-corrected chi connectivity index (χ3v) is 6.83. The Kier molecular flexibility index (Phi) is 5.98. The number of nitriles is 1. The van der Waals surface area contributed by atoms with E-state index in [4.69, 9.17) is 4.98 Å². The quantitative estimate of drug-likeness (QED) is 0.665. The molecule has 0 amide bonds. The van der Waals surface area contributed by atoms with Gasteiger partial charge in [0.25, 0.3) is 0 Å². The molecule has 0 radical (unpaired) electrons. The first-order valence-electron chi connectivity index (χ1n) is 11.2. The monoisotopic (exact) mass is 429 g/mol. The molecule has 0 bridgehead atoms. The molecular formula is C25H31N7. The van der Waals surface area contributed by atoms with Gasteiger partial charge in [-0.25, -0.2) is 4.98 Å². The Bertz CT molecular complexity index is 1170. The highest BCUT2D eigenvalue weighted by Crippen LogP contribution is 2.31. The van der Waals surface area contributed by atoms with Crippen LogP contribution in [0.5, 0.6) is 0 Å². The predicted octanol–water partition coefficient (Wildman–Crippen LogP) is 4.22. The Morgan fingerprint density at radius 3 is 2.53 bits per heavy atom. The van der Waals surface area contributed by atoms with Crippen molar-refractivity contribution in [3.05, 3.63) is 52.8 Å². The smallest absolute Gasteiger partial charge is 0.157 e. The second-order valence-corrected chi connectivity index (χ2v) is 8.99. The molecule has 32 heavy (non-hydrogen) atoms. The summed E-state index contributed by atoms with van der Waals surface area (Å²) in [5.41, 5.74) is 3.62. The van der Waals surface area contributed by atoms with Crippen LogP contribution >= 0.6 is 0 Å². The molecule has 0 spiro atoms. The van der Waals surface area contributed by atoms with Crippen molar-refractivity contribution in [1.82, 2.24) is 20.1 Å². The second kappa shape index (κ2) is 8.71. The summed E-state index contributed by atoms with van der Waals surface area (Å²) in [4.78, 5) is 9.55. The summed E-state index contributed by atoms with van der Waals surface area (Å²) in [5, 5.41) is 23.8. The van der Waals surface area contributed by atoms with E-state index in [1.807, 2.05) is 32.2 Å². The van der Waals surface area contributed by atoms with Gasteiger partial charge in [-0.3, -0.25) is 4.90 Å². The molecule has 7 heteroatoms. The molecule has 3 heterocycles. The number of aromatic nitrogens is 3. The summed E-state index contributed by atoms with van der Waals surface area (Å²) >= 11 is 0. The van der Waals surface area contributed by atoms with Crippen LogP contribution in [0.4, 0.5) is 11.6 Å². The number of anilines is 2. The third kappa shape index (κ3) is 3.98. The van der Waals surface area contributed by atoms with E-state index in [0.29, 0.717) is 17.6 Å². The summed E-state index contributed by atoms with van der Waals surface area (Å²) < 4.78 is 0. The molecule has 3 atom stereocenters. The van der Waals surface area contributed by atoms with E-state index in [9.17, 15) is 5.26 Å². The van der Waals surface area contributed by atoms with E-state index >= 15 is 0 Å². The van der Waals surface area contributed by atoms with Crippen LogP contribution in [-0.2, 0) is 0 Å². The largest absolute Gasteiger partial charge is 0.362 e. The summed E-state index contributed by atoms with van der Waals surface area (Å²) in [6, 6.07) is 11.1. The minimum absolute atomic E-state index is 0.0243. The van der Waals surface area contributed by atoms with Crippen molar-refractivity contribution >= 4 is 22.4 Å². The van der Waals surface area contributed by atoms with Crippen molar-refractivity contribution in [3.8, 4) is 6.07 Å². The van der Waals surface area contributed by atoms with Crippen molar-refractivity contribution < 1.29 is 0 Å². The first kappa shape index (κ1) is 22.0. The zero-order chi connectivity index (χ0) is 23.0. The molecule has 2 aromatic heterocycles. The molecule has 0 saturated carbocycles. The van der Waals surface area contributed by atoms with Crippen LogP contribution in [0.15, 0.2) is 30.5 Å². The van der Waals surface area contributed by atoms with Gasteiger partial charge in [0.05, 0.1) is 23.4 Å². The topological polar surface area (TPSA) is 81.0 Å². The van der Waals surface area contributed by atoms with Gasteiger partial charge in [-0.2, -0.15) is 10.4 Å². The van der Waals surface area contributed by atoms with E-state index in [0.717, 1.165) is 52.3 Å². The molecule has 166 valence electrons. The number of piperazine rings is 1. The predicted molar refractivity (Wildman–Crippen MR) is 129 cm³/mol. The molecule has 1 saturated heterocycles. The fourth-order valence-corrected chi connectivity index (χ4v) is 4.56. The zero-order valence-electron chi connectivity index (χ0n) is 19.7. The van der Waals surface area contributed by atoms with Crippen LogP contribution in [0.25, 0.3) is 10.8 Å². The number of hydrogen-bond donors (Lipinski definition) is 1. The Balaban J connectivity index is 1.70. The molecule has 7 nitrogen and oxygen atoms in total. The average Bonchev–Trinajstić information content (AvgIpc) is 2.78. The maximum Gasteiger partial charge on any atom is 0.157 e. The van der Waals surface area contributed by atoms with Gasteiger partial charge in [0.2, 0.25) is 0 Å². The lowest BCUT2D eigenvalue weighted by molar-refractivity contribution is 0.169. The van der Waals surface area contributed by atoms with Gasteiger partial charge in [-0.1, -0.05) is 12.1 Å². The summed E-state index contributed by atoms with van der Waals surface area (Å²) in [6.45, 7) is 12.4. The number of aryl methyl sites for hydroxylation is 1. The lowest BCUT2D eigenvalue weighted by atomic mass is 9.98. The van der Waals surface area contributed by atoms with Gasteiger partial charge in [-0.05, 0) is 64.9 Å². The lowest BCUT2D eigenvalue weighted by Crippen LogP contribution is -2.55. The number of nitrogens with zero attached hydrogens (tertiary/aromatic N) is 6. The number of nitrogens with one attached hydrogen (secondary N) is 1. The standard InChI is InChI=1S/C25H31N7/c1-15-13-32(14-16(2)31(15)6)24-10-22-23(12-27-24)19(5)29-30-25(22)28-18(4)21-9-7-8-20(11-26)17(21)3/h7-10,12,15-16,18H,13-14H2,1-6H3,(H,28,30)/t15-,16-,18+/m0/s1. The van der Waals surface area contributed by atoms with Crippen LogP contribution in [0.3, 0.4) is 0 Å². The summed E-state index contributed by atoms with van der Waals surface area (Å²) in [6.07, 6.45) is 1.92. The summed E-state index contributed by atoms with van der Waals surface area (Å²) in [5.74, 6) is 1.70. The minimum Gasteiger partial charge on any atom is -0.362 e. The van der Waals surface area contributed by atoms with Crippen molar-refractivity contribution in [2.75, 3.05) is 30.4 Å². The van der Waals surface area contributed by atoms with Crippen LogP contribution in [0, 0.1) is 25.2 Å². The molecule has 0 unspecified atom stereocenters. The molecular weight excluding hydrogens is 398 g/mol.